The van der Waals surface area contributed by atoms with Gasteiger partial charge in [-0.1, -0.05) is 109 Å². The molecule has 0 unspecified atom stereocenters. The van der Waals surface area contributed by atoms with Crippen molar-refractivity contribution in [3.63, 3.8) is 0 Å². The summed E-state index contributed by atoms with van der Waals surface area (Å²) in [7, 11) is 0. The van der Waals surface area contributed by atoms with Crippen LogP contribution in [0.1, 0.15) is 0 Å². The van der Waals surface area contributed by atoms with Crippen molar-refractivity contribution in [1.29, 1.82) is 0 Å². The number of anilines is 3. The van der Waals surface area contributed by atoms with Gasteiger partial charge in [-0.3, -0.25) is 0 Å². The van der Waals surface area contributed by atoms with E-state index in [1.165, 1.54) is 20.2 Å². The van der Waals surface area contributed by atoms with Gasteiger partial charge in [0.15, 0.2) is 11.2 Å². The van der Waals surface area contributed by atoms with Crippen LogP contribution in [-0.2, 0) is 0 Å². The molecule has 3 aromatic heterocycles. The fraction of sp³-hybridized carbons (Fsp3) is 0. The van der Waals surface area contributed by atoms with Crippen LogP contribution in [0.2, 0.25) is 0 Å². The van der Waals surface area contributed by atoms with Gasteiger partial charge in [-0.2, -0.15) is 0 Å². The van der Waals surface area contributed by atoms with Crippen molar-refractivity contribution in [2.24, 2.45) is 0 Å². The SMILES string of the molecule is c1ccc(-c2cccc3c2oc2c(N(c4ccc5sc6ccccc6c5c4)c4cccc5c4oc4ccccc45)cccc23)cc1. The minimum Gasteiger partial charge on any atom is -0.454 e. The summed E-state index contributed by atoms with van der Waals surface area (Å²) >= 11 is 1.83. The Balaban J connectivity index is 1.30. The van der Waals surface area contributed by atoms with E-state index in [1.807, 2.05) is 29.5 Å². The molecule has 46 heavy (non-hydrogen) atoms. The molecule has 0 N–H and O–H groups in total. The van der Waals surface area contributed by atoms with E-state index in [1.54, 1.807) is 0 Å². The Labute approximate surface area is 268 Å². The molecular formula is C42H25NO2S. The molecule has 0 spiro atoms. The second kappa shape index (κ2) is 9.83. The van der Waals surface area contributed by atoms with Crippen molar-refractivity contribution in [2.45, 2.75) is 0 Å². The van der Waals surface area contributed by atoms with Crippen LogP contribution in [0.4, 0.5) is 17.1 Å². The van der Waals surface area contributed by atoms with Crippen LogP contribution in [0.3, 0.4) is 0 Å². The maximum atomic E-state index is 6.94. The van der Waals surface area contributed by atoms with Crippen LogP contribution in [-0.4, -0.2) is 0 Å². The number of hydrogen-bond donors (Lipinski definition) is 0. The third-order valence-electron chi connectivity index (χ3n) is 9.07. The van der Waals surface area contributed by atoms with E-state index in [-0.39, 0.29) is 0 Å². The lowest BCUT2D eigenvalue weighted by Gasteiger charge is -2.25. The molecule has 0 amide bonds. The molecule has 10 rings (SSSR count). The smallest absolute Gasteiger partial charge is 0.159 e. The number of furan rings is 2. The number of rotatable bonds is 4. The summed E-state index contributed by atoms with van der Waals surface area (Å²) in [5, 5.41) is 6.87. The summed E-state index contributed by atoms with van der Waals surface area (Å²) < 4.78 is 16.1. The van der Waals surface area contributed by atoms with Crippen LogP contribution < -0.4 is 4.90 Å². The lowest BCUT2D eigenvalue weighted by molar-refractivity contribution is 0.666. The largest absolute Gasteiger partial charge is 0.454 e. The zero-order valence-electron chi connectivity index (χ0n) is 24.6. The predicted octanol–water partition coefficient (Wildman–Crippen LogP) is 13.0. The van der Waals surface area contributed by atoms with Gasteiger partial charge in [0.2, 0.25) is 0 Å². The summed E-state index contributed by atoms with van der Waals surface area (Å²) in [4.78, 5) is 2.31. The molecule has 0 aliphatic heterocycles. The molecule has 216 valence electrons. The molecule has 4 heteroatoms. The van der Waals surface area contributed by atoms with Crippen molar-refractivity contribution < 1.29 is 8.83 Å². The Kier molecular flexibility index (Phi) is 5.45. The maximum Gasteiger partial charge on any atom is 0.159 e. The van der Waals surface area contributed by atoms with E-state index in [0.29, 0.717) is 0 Å². The summed E-state index contributed by atoms with van der Waals surface area (Å²) in [5.74, 6) is 0. The van der Waals surface area contributed by atoms with Crippen LogP contribution in [0.25, 0.3) is 75.2 Å². The molecule has 0 aliphatic rings. The van der Waals surface area contributed by atoms with Gasteiger partial charge in [0.25, 0.3) is 0 Å². The molecule has 10 aromatic rings. The highest BCUT2D eigenvalue weighted by atomic mass is 32.1. The molecule has 7 aromatic carbocycles. The van der Waals surface area contributed by atoms with E-state index in [2.05, 4.69) is 138 Å². The maximum absolute atomic E-state index is 6.94. The van der Waals surface area contributed by atoms with Gasteiger partial charge >= 0.3 is 0 Å². The van der Waals surface area contributed by atoms with E-state index in [4.69, 9.17) is 8.83 Å². The van der Waals surface area contributed by atoms with Gasteiger partial charge in [0.05, 0.1) is 11.4 Å². The highest BCUT2D eigenvalue weighted by molar-refractivity contribution is 7.25. The van der Waals surface area contributed by atoms with E-state index in [9.17, 15) is 0 Å². The van der Waals surface area contributed by atoms with Crippen LogP contribution in [0.15, 0.2) is 160 Å². The summed E-state index contributed by atoms with van der Waals surface area (Å²) in [6.45, 7) is 0. The molecular weight excluding hydrogens is 583 g/mol. The zero-order valence-corrected chi connectivity index (χ0v) is 25.4. The molecule has 0 saturated carbocycles. The quantitative estimate of drug-likeness (QED) is 0.199. The van der Waals surface area contributed by atoms with Crippen molar-refractivity contribution in [1.82, 2.24) is 0 Å². The van der Waals surface area contributed by atoms with Gasteiger partial charge in [-0.05, 0) is 48.0 Å². The third-order valence-corrected chi connectivity index (χ3v) is 10.2. The molecule has 0 atom stereocenters. The predicted molar refractivity (Wildman–Crippen MR) is 194 cm³/mol. The fourth-order valence-corrected chi connectivity index (χ4v) is 8.08. The number of fused-ring (bicyclic) bond motifs is 9. The Bertz CT molecular complexity index is 2770. The second-order valence-corrected chi connectivity index (χ2v) is 12.8. The Hall–Kier alpha value is -5.84. The highest BCUT2D eigenvalue weighted by Crippen LogP contribution is 2.48. The molecule has 3 heterocycles. The average molecular weight is 608 g/mol. The van der Waals surface area contributed by atoms with Crippen molar-refractivity contribution in [2.75, 3.05) is 4.90 Å². The second-order valence-electron chi connectivity index (χ2n) is 11.7. The van der Waals surface area contributed by atoms with Gasteiger partial charge in [-0.15, -0.1) is 11.3 Å². The first-order valence-corrected chi connectivity index (χ1v) is 16.2. The van der Waals surface area contributed by atoms with Gasteiger partial charge in [0, 0.05) is 53.0 Å². The molecule has 0 aliphatic carbocycles. The van der Waals surface area contributed by atoms with Gasteiger partial charge < -0.3 is 13.7 Å². The first kappa shape index (κ1) is 25.5. The number of nitrogens with zero attached hydrogens (tertiary/aromatic N) is 1. The fourth-order valence-electron chi connectivity index (χ4n) is 7.00. The van der Waals surface area contributed by atoms with E-state index in [0.717, 1.165) is 72.1 Å². The minimum absolute atomic E-state index is 0.837. The Morgan fingerprint density at radius 3 is 1.85 bits per heavy atom. The van der Waals surface area contributed by atoms with Crippen LogP contribution in [0.5, 0.6) is 0 Å². The summed E-state index contributed by atoms with van der Waals surface area (Å²) in [5.41, 5.74) is 8.62. The van der Waals surface area contributed by atoms with E-state index < -0.39 is 0 Å². The lowest BCUT2D eigenvalue weighted by atomic mass is 10.0. The topological polar surface area (TPSA) is 29.5 Å². The zero-order chi connectivity index (χ0) is 30.2. The monoisotopic (exact) mass is 607 g/mol. The number of thiophene rings is 1. The lowest BCUT2D eigenvalue weighted by Crippen LogP contribution is -2.10. The molecule has 0 radical (unpaired) electrons. The summed E-state index contributed by atoms with van der Waals surface area (Å²) in [6.07, 6.45) is 0. The number of para-hydroxylation sites is 4. The highest BCUT2D eigenvalue weighted by Gasteiger charge is 2.24. The van der Waals surface area contributed by atoms with Crippen molar-refractivity contribution in [3.8, 4) is 11.1 Å². The van der Waals surface area contributed by atoms with Crippen LogP contribution in [0, 0.1) is 0 Å². The Morgan fingerprint density at radius 2 is 1.02 bits per heavy atom. The van der Waals surface area contributed by atoms with Crippen LogP contribution >= 0.6 is 11.3 Å². The van der Waals surface area contributed by atoms with Crippen molar-refractivity contribution >= 4 is 92.4 Å². The molecule has 0 saturated heterocycles. The first-order chi connectivity index (χ1) is 22.8. The average Bonchev–Trinajstić information content (AvgIpc) is 3.81. The standard InChI is InChI=1S/C42H25NO2S/c1-2-11-26(12-3-1)28-15-8-16-32-33-18-10-20-36(42(33)45-40(28)32)43(27-23-24-39-34(25-27)30-14-5-7-22-38(30)46-39)35-19-9-17-31-29-13-4-6-21-37(29)44-41(31)35/h1-25H. The van der Waals surface area contributed by atoms with E-state index >= 15 is 0 Å². The van der Waals surface area contributed by atoms with Crippen molar-refractivity contribution in [3.05, 3.63) is 152 Å². The normalized spacial score (nSPS) is 11.9. The van der Waals surface area contributed by atoms with Gasteiger partial charge in [0.1, 0.15) is 11.2 Å². The molecule has 0 bridgehead atoms. The number of benzene rings is 7. The number of hydrogen-bond acceptors (Lipinski definition) is 4. The summed E-state index contributed by atoms with van der Waals surface area (Å²) in [6, 6.07) is 53.4. The Morgan fingerprint density at radius 1 is 0.413 bits per heavy atom. The minimum atomic E-state index is 0.837. The molecule has 0 fully saturated rings. The molecule has 3 nitrogen and oxygen atoms in total. The van der Waals surface area contributed by atoms with Gasteiger partial charge in [-0.25, -0.2) is 0 Å². The first-order valence-electron chi connectivity index (χ1n) is 15.4. The third kappa shape index (κ3) is 3.71.